The van der Waals surface area contributed by atoms with Crippen LogP contribution in [0.25, 0.3) is 5.82 Å². The third-order valence-corrected chi connectivity index (χ3v) is 4.60. The van der Waals surface area contributed by atoms with Crippen molar-refractivity contribution in [1.82, 2.24) is 20.1 Å². The van der Waals surface area contributed by atoms with Gasteiger partial charge in [-0.05, 0) is 44.2 Å². The third kappa shape index (κ3) is 5.26. The summed E-state index contributed by atoms with van der Waals surface area (Å²) in [7, 11) is 0. The second-order valence-electron chi connectivity index (χ2n) is 7.18. The zero-order chi connectivity index (χ0) is 23.4. The Bertz CT molecular complexity index is 1200. The van der Waals surface area contributed by atoms with Crippen molar-refractivity contribution >= 4 is 23.6 Å². The average molecular weight is 451 g/mol. The Balaban J connectivity index is 1.26. The number of fused-ring (bicyclic) bond motifs is 1. The van der Waals surface area contributed by atoms with Crippen molar-refractivity contribution in [2.45, 2.75) is 13.8 Å². The molecule has 0 saturated heterocycles. The molecule has 3 amide bonds. The second kappa shape index (κ2) is 9.39. The minimum atomic E-state index is -0.786. The molecule has 170 valence electrons. The van der Waals surface area contributed by atoms with E-state index in [0.717, 1.165) is 11.4 Å². The van der Waals surface area contributed by atoms with E-state index in [-0.39, 0.29) is 5.56 Å². The third-order valence-electron chi connectivity index (χ3n) is 4.60. The topological polar surface area (TPSA) is 134 Å². The van der Waals surface area contributed by atoms with Gasteiger partial charge in [-0.15, -0.1) is 0 Å². The highest BCUT2D eigenvalue weighted by Gasteiger charge is 2.16. The monoisotopic (exact) mass is 451 g/mol. The Labute approximate surface area is 188 Å². The van der Waals surface area contributed by atoms with E-state index in [1.54, 1.807) is 28.9 Å². The van der Waals surface area contributed by atoms with Crippen LogP contribution in [0, 0.1) is 13.8 Å². The number of amides is 3. The first-order valence-corrected chi connectivity index (χ1v) is 10.1. The standard InChI is InChI=1S/C22H21N5O6/c1-13-9-14(2)27(26-13)19-6-3-15(11-23-19)21(29)33-12-20(28)25-22(30)24-16-4-5-17-18(10-16)32-8-7-31-17/h3-6,9-11H,7-8,12H2,1-2H3,(H2,24,25,28,30). The van der Waals surface area contributed by atoms with Gasteiger partial charge in [0, 0.05) is 23.6 Å². The Morgan fingerprint density at radius 1 is 1.06 bits per heavy atom. The zero-order valence-electron chi connectivity index (χ0n) is 18.0. The van der Waals surface area contributed by atoms with Crippen molar-refractivity contribution < 1.29 is 28.6 Å². The number of pyridine rings is 1. The summed E-state index contributed by atoms with van der Waals surface area (Å²) in [5, 5.41) is 8.92. The molecule has 1 aromatic carbocycles. The summed E-state index contributed by atoms with van der Waals surface area (Å²) < 4.78 is 17.5. The lowest BCUT2D eigenvalue weighted by molar-refractivity contribution is -0.123. The fourth-order valence-corrected chi connectivity index (χ4v) is 3.15. The average Bonchev–Trinajstić information content (AvgIpc) is 3.15. The van der Waals surface area contributed by atoms with E-state index < -0.39 is 24.5 Å². The lowest BCUT2D eigenvalue weighted by Gasteiger charge is -2.19. The summed E-state index contributed by atoms with van der Waals surface area (Å²) in [5.74, 6) is 0.0884. The van der Waals surface area contributed by atoms with Gasteiger partial charge in [0.15, 0.2) is 23.9 Å². The summed E-state index contributed by atoms with van der Waals surface area (Å²) in [6.45, 7) is 4.00. The predicted molar refractivity (Wildman–Crippen MR) is 116 cm³/mol. The van der Waals surface area contributed by atoms with Gasteiger partial charge in [-0.3, -0.25) is 10.1 Å². The molecule has 33 heavy (non-hydrogen) atoms. The number of hydrogen-bond donors (Lipinski definition) is 2. The number of carbonyl (C=O) groups excluding carboxylic acids is 3. The van der Waals surface area contributed by atoms with E-state index in [9.17, 15) is 14.4 Å². The molecule has 2 N–H and O–H groups in total. The molecule has 1 aliphatic rings. The van der Waals surface area contributed by atoms with Crippen LogP contribution < -0.4 is 20.1 Å². The number of rotatable bonds is 5. The van der Waals surface area contributed by atoms with Crippen molar-refractivity contribution in [3.05, 3.63) is 59.5 Å². The molecule has 3 aromatic rings. The van der Waals surface area contributed by atoms with Crippen molar-refractivity contribution in [3.63, 3.8) is 0 Å². The van der Waals surface area contributed by atoms with E-state index in [1.165, 1.54) is 12.3 Å². The number of benzene rings is 1. The number of hydrogen-bond acceptors (Lipinski definition) is 8. The second-order valence-corrected chi connectivity index (χ2v) is 7.18. The minimum absolute atomic E-state index is 0.161. The molecule has 0 spiro atoms. The lowest BCUT2D eigenvalue weighted by Crippen LogP contribution is -2.37. The predicted octanol–water partition coefficient (Wildman–Crippen LogP) is 2.16. The number of anilines is 1. The first-order chi connectivity index (χ1) is 15.9. The number of nitrogens with zero attached hydrogens (tertiary/aromatic N) is 3. The lowest BCUT2D eigenvalue weighted by atomic mass is 10.2. The molecule has 2 aromatic heterocycles. The number of nitrogens with one attached hydrogen (secondary N) is 2. The molecule has 0 bridgehead atoms. The molecule has 11 nitrogen and oxygen atoms in total. The molecule has 0 radical (unpaired) electrons. The zero-order valence-corrected chi connectivity index (χ0v) is 18.0. The van der Waals surface area contributed by atoms with Gasteiger partial charge >= 0.3 is 12.0 Å². The molecule has 3 heterocycles. The summed E-state index contributed by atoms with van der Waals surface area (Å²) in [5.41, 5.74) is 2.33. The molecule has 0 unspecified atom stereocenters. The van der Waals surface area contributed by atoms with Crippen molar-refractivity contribution in [2.24, 2.45) is 0 Å². The van der Waals surface area contributed by atoms with Gasteiger partial charge < -0.3 is 19.5 Å². The number of aromatic nitrogens is 3. The fourth-order valence-electron chi connectivity index (χ4n) is 3.15. The maximum Gasteiger partial charge on any atom is 0.340 e. The Hall–Kier alpha value is -4.41. The molecule has 0 aliphatic carbocycles. The van der Waals surface area contributed by atoms with Crippen molar-refractivity contribution in [3.8, 4) is 17.3 Å². The highest BCUT2D eigenvalue weighted by atomic mass is 16.6. The van der Waals surface area contributed by atoms with Crippen LogP contribution in [0.4, 0.5) is 10.5 Å². The van der Waals surface area contributed by atoms with Crippen LogP contribution >= 0.6 is 0 Å². The van der Waals surface area contributed by atoms with Crippen LogP contribution in [-0.2, 0) is 9.53 Å². The maximum absolute atomic E-state index is 12.2. The van der Waals surface area contributed by atoms with E-state index in [4.69, 9.17) is 14.2 Å². The maximum atomic E-state index is 12.2. The molecule has 1 aliphatic heterocycles. The van der Waals surface area contributed by atoms with Gasteiger partial charge in [-0.2, -0.15) is 5.10 Å². The fraction of sp³-hybridized carbons (Fsp3) is 0.227. The summed E-state index contributed by atoms with van der Waals surface area (Å²) in [4.78, 5) is 40.4. The number of aryl methyl sites for hydroxylation is 2. The van der Waals surface area contributed by atoms with E-state index in [2.05, 4.69) is 20.7 Å². The van der Waals surface area contributed by atoms with Crippen LogP contribution in [0.2, 0.25) is 0 Å². The summed E-state index contributed by atoms with van der Waals surface area (Å²) in [6, 6.07) is 9.13. The first kappa shape index (κ1) is 21.8. The van der Waals surface area contributed by atoms with E-state index >= 15 is 0 Å². The molecule has 4 rings (SSSR count). The Morgan fingerprint density at radius 2 is 1.85 bits per heavy atom. The van der Waals surface area contributed by atoms with E-state index in [0.29, 0.717) is 36.2 Å². The smallest absolute Gasteiger partial charge is 0.340 e. The van der Waals surface area contributed by atoms with Gasteiger partial charge in [0.25, 0.3) is 5.91 Å². The van der Waals surface area contributed by atoms with Gasteiger partial charge in [-0.25, -0.2) is 19.3 Å². The number of carbonyl (C=O) groups is 3. The molecular formula is C22H21N5O6. The molecule has 0 atom stereocenters. The number of esters is 1. The number of ether oxygens (including phenoxy) is 3. The molecular weight excluding hydrogens is 430 g/mol. The molecule has 0 saturated carbocycles. The van der Waals surface area contributed by atoms with Crippen molar-refractivity contribution in [1.29, 1.82) is 0 Å². The Morgan fingerprint density at radius 3 is 2.55 bits per heavy atom. The number of urea groups is 1. The van der Waals surface area contributed by atoms with Gasteiger partial charge in [0.05, 0.1) is 11.3 Å². The van der Waals surface area contributed by atoms with Crippen LogP contribution in [0.3, 0.4) is 0 Å². The van der Waals surface area contributed by atoms with Crippen LogP contribution in [0.1, 0.15) is 21.7 Å². The first-order valence-electron chi connectivity index (χ1n) is 10.1. The quantitative estimate of drug-likeness (QED) is 0.564. The van der Waals surface area contributed by atoms with E-state index in [1.807, 2.05) is 19.9 Å². The minimum Gasteiger partial charge on any atom is -0.486 e. The molecule has 11 heteroatoms. The van der Waals surface area contributed by atoms with Gasteiger partial charge in [0.2, 0.25) is 0 Å². The Kier molecular flexibility index (Phi) is 6.20. The SMILES string of the molecule is Cc1cc(C)n(-c2ccc(C(=O)OCC(=O)NC(=O)Nc3ccc4c(c3)OCCO4)cn2)n1. The van der Waals surface area contributed by atoms with Gasteiger partial charge in [-0.1, -0.05) is 0 Å². The number of imide groups is 1. The van der Waals surface area contributed by atoms with Crippen molar-refractivity contribution in [2.75, 3.05) is 25.1 Å². The highest BCUT2D eigenvalue weighted by molar-refractivity contribution is 6.02. The largest absolute Gasteiger partial charge is 0.486 e. The van der Waals surface area contributed by atoms with Crippen LogP contribution in [0.15, 0.2) is 42.6 Å². The van der Waals surface area contributed by atoms with Crippen LogP contribution in [0.5, 0.6) is 11.5 Å². The summed E-state index contributed by atoms with van der Waals surface area (Å²) >= 11 is 0. The normalized spacial score (nSPS) is 12.1. The highest BCUT2D eigenvalue weighted by Crippen LogP contribution is 2.32. The van der Waals surface area contributed by atoms with Gasteiger partial charge in [0.1, 0.15) is 13.2 Å². The molecule has 0 fully saturated rings. The summed E-state index contributed by atoms with van der Waals surface area (Å²) in [6.07, 6.45) is 1.33. The van der Waals surface area contributed by atoms with Crippen LogP contribution in [-0.4, -0.2) is 52.5 Å².